The van der Waals surface area contributed by atoms with Crippen LogP contribution in [0.5, 0.6) is 0 Å². The SMILES string of the molecule is NNC(=O)CC[C@H](NC(=O)CP(=O)(O)O)C(=O)NN. The van der Waals surface area contributed by atoms with Gasteiger partial charge in [0, 0.05) is 6.42 Å². The summed E-state index contributed by atoms with van der Waals surface area (Å²) >= 11 is 0. The van der Waals surface area contributed by atoms with Crippen LogP contribution in [0.3, 0.4) is 0 Å². The van der Waals surface area contributed by atoms with E-state index in [1.54, 1.807) is 5.43 Å². The zero-order valence-corrected chi connectivity index (χ0v) is 10.7. The normalized spacial score (nSPS) is 12.4. The number of nitrogens with two attached hydrogens (primary N) is 2. The minimum absolute atomic E-state index is 0.126. The van der Waals surface area contributed by atoms with Gasteiger partial charge in [0.2, 0.25) is 11.8 Å². The molecular formula is C7H16N5O6P. The van der Waals surface area contributed by atoms with Crippen molar-refractivity contribution in [1.82, 2.24) is 16.2 Å². The van der Waals surface area contributed by atoms with Gasteiger partial charge >= 0.3 is 7.60 Å². The van der Waals surface area contributed by atoms with Crippen molar-refractivity contribution in [3.63, 3.8) is 0 Å². The highest BCUT2D eigenvalue weighted by atomic mass is 31.2. The van der Waals surface area contributed by atoms with Crippen LogP contribution in [-0.4, -0.2) is 39.7 Å². The number of rotatable bonds is 7. The highest BCUT2D eigenvalue weighted by molar-refractivity contribution is 7.52. The third-order valence-electron chi connectivity index (χ3n) is 1.96. The summed E-state index contributed by atoms with van der Waals surface area (Å²) in [6.07, 6.45) is -1.37. The van der Waals surface area contributed by atoms with Crippen LogP contribution >= 0.6 is 7.60 Å². The monoisotopic (exact) mass is 297 g/mol. The van der Waals surface area contributed by atoms with E-state index in [0.29, 0.717) is 0 Å². The van der Waals surface area contributed by atoms with Crippen molar-refractivity contribution < 1.29 is 28.7 Å². The molecule has 0 aromatic carbocycles. The molecule has 0 aromatic heterocycles. The molecular weight excluding hydrogens is 281 g/mol. The number of amides is 3. The van der Waals surface area contributed by atoms with E-state index in [9.17, 15) is 18.9 Å². The summed E-state index contributed by atoms with van der Waals surface area (Å²) in [7, 11) is -4.53. The molecule has 12 heteroatoms. The second kappa shape index (κ2) is 7.81. The second-order valence-corrected chi connectivity index (χ2v) is 5.20. The molecule has 0 aromatic rings. The lowest BCUT2D eigenvalue weighted by molar-refractivity contribution is -0.129. The lowest BCUT2D eigenvalue weighted by Gasteiger charge is -2.16. The highest BCUT2D eigenvalue weighted by Crippen LogP contribution is 2.33. The molecule has 3 amide bonds. The standard InChI is InChI=1S/C7H16N5O6P/c8-11-5(13)2-1-4(7(15)12-9)10-6(14)3-19(16,17)18/h4H,1-3,8-9H2,(H,10,14)(H,11,13)(H,12,15)(H2,16,17,18)/t4-/m0/s1. The molecule has 11 nitrogen and oxygen atoms in total. The van der Waals surface area contributed by atoms with Crippen LogP contribution in [0.1, 0.15) is 12.8 Å². The third-order valence-corrected chi connectivity index (χ3v) is 2.66. The van der Waals surface area contributed by atoms with Crippen molar-refractivity contribution in [2.75, 3.05) is 6.16 Å². The molecule has 0 radical (unpaired) electrons. The zero-order valence-electron chi connectivity index (χ0n) is 9.83. The molecule has 19 heavy (non-hydrogen) atoms. The Hall–Kier alpha value is -1.52. The van der Waals surface area contributed by atoms with Crippen molar-refractivity contribution >= 4 is 25.3 Å². The molecule has 0 rings (SSSR count). The van der Waals surface area contributed by atoms with Gasteiger partial charge < -0.3 is 15.1 Å². The van der Waals surface area contributed by atoms with E-state index in [-0.39, 0.29) is 12.8 Å². The van der Waals surface area contributed by atoms with E-state index in [0.717, 1.165) is 0 Å². The predicted octanol–water partition coefficient (Wildman–Crippen LogP) is -3.59. The number of nitrogens with one attached hydrogen (secondary N) is 3. The van der Waals surface area contributed by atoms with Gasteiger partial charge in [0.05, 0.1) is 0 Å². The smallest absolute Gasteiger partial charge is 0.334 e. The zero-order chi connectivity index (χ0) is 15.1. The molecule has 0 unspecified atom stereocenters. The molecule has 0 spiro atoms. The Morgan fingerprint density at radius 1 is 1.11 bits per heavy atom. The van der Waals surface area contributed by atoms with Gasteiger partial charge in [0.25, 0.3) is 5.91 Å². The molecule has 0 bridgehead atoms. The topological polar surface area (TPSA) is 197 Å². The van der Waals surface area contributed by atoms with Crippen LogP contribution in [0.25, 0.3) is 0 Å². The van der Waals surface area contributed by atoms with E-state index in [4.69, 9.17) is 21.5 Å². The Bertz CT molecular complexity index is 395. The molecule has 0 aliphatic heterocycles. The van der Waals surface area contributed by atoms with E-state index in [2.05, 4.69) is 5.32 Å². The van der Waals surface area contributed by atoms with E-state index in [1.165, 1.54) is 0 Å². The number of hydrazine groups is 2. The Balaban J connectivity index is 4.51. The summed E-state index contributed by atoms with van der Waals surface area (Å²) in [6, 6.07) is -1.19. The second-order valence-electron chi connectivity index (χ2n) is 3.56. The molecule has 0 aliphatic rings. The van der Waals surface area contributed by atoms with E-state index >= 15 is 0 Å². The van der Waals surface area contributed by atoms with Gasteiger partial charge in [-0.3, -0.25) is 29.8 Å². The van der Waals surface area contributed by atoms with Gasteiger partial charge in [0.15, 0.2) is 0 Å². The average molecular weight is 297 g/mol. The summed E-state index contributed by atoms with van der Waals surface area (Å²) in [5.74, 6) is 7.32. The molecule has 1 atom stereocenters. The lowest BCUT2D eigenvalue weighted by Crippen LogP contribution is -2.50. The number of hydrogen-bond donors (Lipinski definition) is 7. The fraction of sp³-hybridized carbons (Fsp3) is 0.571. The fourth-order valence-electron chi connectivity index (χ4n) is 1.14. The first-order valence-electron chi connectivity index (χ1n) is 5.03. The summed E-state index contributed by atoms with van der Waals surface area (Å²) in [5.41, 5.74) is 3.59. The first-order chi connectivity index (χ1) is 8.69. The molecule has 9 N–H and O–H groups in total. The lowest BCUT2D eigenvalue weighted by atomic mass is 10.1. The van der Waals surface area contributed by atoms with Crippen molar-refractivity contribution in [3.8, 4) is 0 Å². The Labute approximate surface area is 108 Å². The van der Waals surface area contributed by atoms with Gasteiger partial charge in [0.1, 0.15) is 12.2 Å². The van der Waals surface area contributed by atoms with Crippen molar-refractivity contribution in [2.45, 2.75) is 18.9 Å². The summed E-state index contributed by atoms with van der Waals surface area (Å²) in [5, 5.41) is 2.06. The Morgan fingerprint density at radius 2 is 1.68 bits per heavy atom. The molecule has 0 saturated heterocycles. The summed E-state index contributed by atoms with van der Waals surface area (Å²) in [4.78, 5) is 50.7. The quantitative estimate of drug-likeness (QED) is 0.108. The van der Waals surface area contributed by atoms with Crippen LogP contribution in [0.2, 0.25) is 0 Å². The van der Waals surface area contributed by atoms with Crippen LogP contribution in [0.4, 0.5) is 0 Å². The predicted molar refractivity (Wildman–Crippen MR) is 62.7 cm³/mol. The van der Waals surface area contributed by atoms with Gasteiger partial charge in [-0.05, 0) is 6.42 Å². The van der Waals surface area contributed by atoms with Gasteiger partial charge in [-0.15, -0.1) is 0 Å². The summed E-state index contributed by atoms with van der Waals surface area (Å²) < 4.78 is 10.6. The van der Waals surface area contributed by atoms with E-state index < -0.39 is 37.5 Å². The fourth-order valence-corrected chi connectivity index (χ4v) is 1.61. The Morgan fingerprint density at radius 3 is 2.11 bits per heavy atom. The van der Waals surface area contributed by atoms with Gasteiger partial charge in [-0.25, -0.2) is 11.7 Å². The first-order valence-corrected chi connectivity index (χ1v) is 6.83. The van der Waals surface area contributed by atoms with Crippen LogP contribution in [0, 0.1) is 0 Å². The maximum absolute atomic E-state index is 11.3. The maximum atomic E-state index is 11.3. The largest absolute Gasteiger partial charge is 0.344 e. The first kappa shape index (κ1) is 17.5. The number of carbonyl (C=O) groups is 3. The summed E-state index contributed by atoms with van der Waals surface area (Å²) in [6.45, 7) is 0. The molecule has 0 aliphatic carbocycles. The highest BCUT2D eigenvalue weighted by Gasteiger charge is 2.25. The van der Waals surface area contributed by atoms with Crippen LogP contribution in [-0.2, 0) is 18.9 Å². The van der Waals surface area contributed by atoms with Gasteiger partial charge in [-0.1, -0.05) is 0 Å². The molecule has 0 heterocycles. The van der Waals surface area contributed by atoms with Crippen LogP contribution < -0.4 is 27.9 Å². The minimum Gasteiger partial charge on any atom is -0.344 e. The van der Waals surface area contributed by atoms with Crippen molar-refractivity contribution in [3.05, 3.63) is 0 Å². The minimum atomic E-state index is -4.53. The van der Waals surface area contributed by atoms with Crippen molar-refractivity contribution in [1.29, 1.82) is 0 Å². The maximum Gasteiger partial charge on any atom is 0.334 e. The Kier molecular flexibility index (Phi) is 7.19. The number of hydrogen-bond acceptors (Lipinski definition) is 6. The molecule has 0 fully saturated rings. The van der Waals surface area contributed by atoms with Gasteiger partial charge in [-0.2, -0.15) is 0 Å². The third kappa shape index (κ3) is 8.24. The van der Waals surface area contributed by atoms with Crippen LogP contribution in [0.15, 0.2) is 0 Å². The molecule has 110 valence electrons. The average Bonchev–Trinajstić information content (AvgIpc) is 2.30. The van der Waals surface area contributed by atoms with E-state index in [1.807, 2.05) is 5.43 Å². The number of carbonyl (C=O) groups excluding carboxylic acids is 3. The van der Waals surface area contributed by atoms with Crippen molar-refractivity contribution in [2.24, 2.45) is 11.7 Å². The molecule has 0 saturated carbocycles.